The van der Waals surface area contributed by atoms with Gasteiger partial charge < -0.3 is 15.8 Å². The number of ether oxygens (including phenoxy) is 1. The van der Waals surface area contributed by atoms with Gasteiger partial charge in [-0.3, -0.25) is 0 Å². The van der Waals surface area contributed by atoms with Crippen LogP contribution in [0.15, 0.2) is 0 Å². The number of amides is 1. The minimum Gasteiger partial charge on any atom is -0.450 e. The monoisotopic (exact) mass is 192 g/mol. The van der Waals surface area contributed by atoms with E-state index in [1.54, 1.807) is 6.92 Å². The highest BCUT2D eigenvalue weighted by atomic mass is 19.1. The van der Waals surface area contributed by atoms with Crippen LogP contribution < -0.4 is 11.1 Å². The molecule has 0 saturated carbocycles. The number of nitrogens with one attached hydrogen (secondary N) is 1. The largest absolute Gasteiger partial charge is 0.450 e. The molecule has 0 aliphatic carbocycles. The minimum absolute atomic E-state index is 0.357. The zero-order valence-electron chi connectivity index (χ0n) is 7.88. The molecular weight excluding hydrogens is 175 g/mol. The fourth-order valence-corrected chi connectivity index (χ4v) is 0.814. The standard InChI is InChI=1S/C8H17FN2O2/c1-2-13-8(12)11-5-3-4-7(10)6-9/h7H,2-6,10H2,1H3,(H,11,12). The van der Waals surface area contributed by atoms with E-state index in [0.29, 0.717) is 26.0 Å². The van der Waals surface area contributed by atoms with E-state index in [0.717, 1.165) is 0 Å². The molecule has 0 aromatic carbocycles. The first-order valence-corrected chi connectivity index (χ1v) is 4.42. The number of alkyl carbamates (subject to hydrolysis) is 1. The SMILES string of the molecule is CCOC(=O)NCCCC(N)CF. The molecule has 0 rings (SSSR count). The molecule has 0 radical (unpaired) electrons. The Balaban J connectivity index is 3.20. The number of halogens is 1. The second-order valence-electron chi connectivity index (χ2n) is 2.70. The van der Waals surface area contributed by atoms with Crippen LogP contribution >= 0.6 is 0 Å². The van der Waals surface area contributed by atoms with E-state index in [9.17, 15) is 9.18 Å². The van der Waals surface area contributed by atoms with Gasteiger partial charge in [-0.25, -0.2) is 9.18 Å². The summed E-state index contributed by atoms with van der Waals surface area (Å²) in [6.45, 7) is 2.06. The van der Waals surface area contributed by atoms with E-state index < -0.39 is 18.8 Å². The molecule has 5 heteroatoms. The molecule has 0 bridgehead atoms. The Bertz CT molecular complexity index is 144. The van der Waals surface area contributed by atoms with Gasteiger partial charge in [0.25, 0.3) is 0 Å². The number of carbonyl (C=O) groups excluding carboxylic acids is 1. The summed E-state index contributed by atoms with van der Waals surface area (Å²) < 4.78 is 16.5. The normalized spacial score (nSPS) is 12.2. The number of nitrogens with two attached hydrogens (primary N) is 1. The van der Waals surface area contributed by atoms with E-state index in [4.69, 9.17) is 5.73 Å². The Hall–Kier alpha value is -0.840. The summed E-state index contributed by atoms with van der Waals surface area (Å²) >= 11 is 0. The summed E-state index contributed by atoms with van der Waals surface area (Å²) in [6, 6.07) is -0.413. The lowest BCUT2D eigenvalue weighted by molar-refractivity contribution is 0.152. The van der Waals surface area contributed by atoms with E-state index in [2.05, 4.69) is 10.1 Å². The van der Waals surface area contributed by atoms with Crippen LogP contribution in [0.5, 0.6) is 0 Å². The lowest BCUT2D eigenvalue weighted by Gasteiger charge is -2.07. The molecule has 0 aromatic heterocycles. The molecule has 1 unspecified atom stereocenters. The minimum atomic E-state index is -0.514. The summed E-state index contributed by atoms with van der Waals surface area (Å²) in [5.74, 6) is 0. The van der Waals surface area contributed by atoms with Gasteiger partial charge in [0.2, 0.25) is 0 Å². The topological polar surface area (TPSA) is 64.3 Å². The summed E-state index contributed by atoms with van der Waals surface area (Å²) in [5.41, 5.74) is 5.33. The van der Waals surface area contributed by atoms with Crippen LogP contribution in [0.1, 0.15) is 19.8 Å². The molecule has 1 atom stereocenters. The summed E-state index contributed by atoms with van der Waals surface area (Å²) in [6.07, 6.45) is 0.809. The number of alkyl halides is 1. The number of rotatable bonds is 6. The zero-order valence-corrected chi connectivity index (χ0v) is 7.88. The molecule has 0 heterocycles. The highest BCUT2D eigenvalue weighted by Gasteiger charge is 2.02. The van der Waals surface area contributed by atoms with Crippen LogP contribution in [-0.4, -0.2) is 32.0 Å². The second-order valence-corrected chi connectivity index (χ2v) is 2.70. The van der Waals surface area contributed by atoms with Crippen molar-refractivity contribution in [2.24, 2.45) is 5.73 Å². The van der Waals surface area contributed by atoms with Crippen molar-refractivity contribution in [3.8, 4) is 0 Å². The van der Waals surface area contributed by atoms with Crippen LogP contribution in [-0.2, 0) is 4.74 Å². The van der Waals surface area contributed by atoms with Crippen molar-refractivity contribution in [1.29, 1.82) is 0 Å². The van der Waals surface area contributed by atoms with Crippen molar-refractivity contribution in [3.05, 3.63) is 0 Å². The van der Waals surface area contributed by atoms with Crippen LogP contribution in [0.25, 0.3) is 0 Å². The zero-order chi connectivity index (χ0) is 10.1. The quantitative estimate of drug-likeness (QED) is 0.612. The molecule has 0 aliphatic heterocycles. The Kier molecular flexibility index (Phi) is 7.29. The molecule has 0 aliphatic rings. The number of hydrogen-bond acceptors (Lipinski definition) is 3. The lowest BCUT2D eigenvalue weighted by atomic mass is 10.2. The fourth-order valence-electron chi connectivity index (χ4n) is 0.814. The summed E-state index contributed by atoms with van der Waals surface area (Å²) in [5, 5.41) is 2.52. The first-order chi connectivity index (χ1) is 6.20. The summed E-state index contributed by atoms with van der Waals surface area (Å²) in [4.78, 5) is 10.7. The Morgan fingerprint density at radius 1 is 1.69 bits per heavy atom. The number of hydrogen-bond donors (Lipinski definition) is 2. The Morgan fingerprint density at radius 3 is 2.92 bits per heavy atom. The van der Waals surface area contributed by atoms with Gasteiger partial charge in [-0.05, 0) is 19.8 Å². The van der Waals surface area contributed by atoms with Gasteiger partial charge >= 0.3 is 6.09 Å². The molecule has 0 spiro atoms. The first kappa shape index (κ1) is 12.2. The van der Waals surface area contributed by atoms with Gasteiger partial charge in [-0.15, -0.1) is 0 Å². The van der Waals surface area contributed by atoms with Crippen molar-refractivity contribution in [2.45, 2.75) is 25.8 Å². The summed E-state index contributed by atoms with van der Waals surface area (Å²) in [7, 11) is 0. The molecule has 13 heavy (non-hydrogen) atoms. The van der Waals surface area contributed by atoms with E-state index in [1.165, 1.54) is 0 Å². The highest BCUT2D eigenvalue weighted by Crippen LogP contribution is 1.93. The van der Waals surface area contributed by atoms with E-state index in [1.807, 2.05) is 0 Å². The van der Waals surface area contributed by atoms with Gasteiger partial charge in [0.05, 0.1) is 6.61 Å². The maximum Gasteiger partial charge on any atom is 0.407 e. The maximum atomic E-state index is 11.9. The molecule has 78 valence electrons. The van der Waals surface area contributed by atoms with Crippen molar-refractivity contribution in [3.63, 3.8) is 0 Å². The van der Waals surface area contributed by atoms with Gasteiger partial charge in [-0.2, -0.15) is 0 Å². The van der Waals surface area contributed by atoms with Crippen LogP contribution in [0.2, 0.25) is 0 Å². The van der Waals surface area contributed by atoms with Crippen molar-refractivity contribution < 1.29 is 13.9 Å². The van der Waals surface area contributed by atoms with Crippen LogP contribution in [0.3, 0.4) is 0 Å². The third-order valence-corrected chi connectivity index (χ3v) is 1.49. The fraction of sp³-hybridized carbons (Fsp3) is 0.875. The van der Waals surface area contributed by atoms with E-state index >= 15 is 0 Å². The lowest BCUT2D eigenvalue weighted by Crippen LogP contribution is -2.28. The van der Waals surface area contributed by atoms with Crippen molar-refractivity contribution in [2.75, 3.05) is 19.8 Å². The predicted octanol–water partition coefficient (Wildman–Crippen LogP) is 0.809. The molecule has 4 nitrogen and oxygen atoms in total. The highest BCUT2D eigenvalue weighted by molar-refractivity contribution is 5.66. The van der Waals surface area contributed by atoms with Crippen LogP contribution in [0, 0.1) is 0 Å². The molecule has 3 N–H and O–H groups in total. The Morgan fingerprint density at radius 2 is 2.38 bits per heavy atom. The predicted molar refractivity (Wildman–Crippen MR) is 48.2 cm³/mol. The van der Waals surface area contributed by atoms with Crippen molar-refractivity contribution >= 4 is 6.09 Å². The molecule has 1 amide bonds. The van der Waals surface area contributed by atoms with Gasteiger partial charge in [-0.1, -0.05) is 0 Å². The molecule has 0 saturated heterocycles. The van der Waals surface area contributed by atoms with Crippen molar-refractivity contribution in [1.82, 2.24) is 5.32 Å². The van der Waals surface area contributed by atoms with Crippen LogP contribution in [0.4, 0.5) is 9.18 Å². The third kappa shape index (κ3) is 7.52. The van der Waals surface area contributed by atoms with E-state index in [-0.39, 0.29) is 0 Å². The maximum absolute atomic E-state index is 11.9. The van der Waals surface area contributed by atoms with Gasteiger partial charge in [0.15, 0.2) is 0 Å². The second kappa shape index (κ2) is 7.79. The number of carbonyl (C=O) groups is 1. The smallest absolute Gasteiger partial charge is 0.407 e. The third-order valence-electron chi connectivity index (χ3n) is 1.49. The molecule has 0 fully saturated rings. The first-order valence-electron chi connectivity index (χ1n) is 4.42. The Labute approximate surface area is 77.6 Å². The average Bonchev–Trinajstić information content (AvgIpc) is 2.12. The molecule has 0 aromatic rings. The molecular formula is C8H17FN2O2. The average molecular weight is 192 g/mol. The van der Waals surface area contributed by atoms with Gasteiger partial charge in [0, 0.05) is 12.6 Å². The van der Waals surface area contributed by atoms with Gasteiger partial charge in [0.1, 0.15) is 6.67 Å².